The normalized spacial score (nSPS) is 13.2. The van der Waals surface area contributed by atoms with Crippen LogP contribution in [0.1, 0.15) is 53.5 Å². The van der Waals surface area contributed by atoms with Gasteiger partial charge in [0.25, 0.3) is 5.91 Å². The Hall–Kier alpha value is -1.82. The second kappa shape index (κ2) is 7.38. The summed E-state index contributed by atoms with van der Waals surface area (Å²) in [7, 11) is 0. The van der Waals surface area contributed by atoms with Crippen LogP contribution in [0.15, 0.2) is 22.7 Å². The van der Waals surface area contributed by atoms with E-state index in [1.54, 1.807) is 0 Å². The molecule has 1 aliphatic rings. The van der Waals surface area contributed by atoms with Crippen LogP contribution in [0.4, 0.5) is 0 Å². The van der Waals surface area contributed by atoms with Gasteiger partial charge in [-0.05, 0) is 64.4 Å². The molecule has 0 atom stereocenters. The zero-order valence-corrected chi connectivity index (χ0v) is 15.6. The molecule has 0 radical (unpaired) electrons. The number of ether oxygens (including phenoxy) is 1. The monoisotopic (exact) mass is 391 g/mol. The van der Waals surface area contributed by atoms with Crippen LogP contribution < -0.4 is 10.1 Å². The van der Waals surface area contributed by atoms with Crippen LogP contribution in [0.3, 0.4) is 0 Å². The van der Waals surface area contributed by atoms with Gasteiger partial charge in [-0.15, -0.1) is 0 Å². The molecule has 0 aliphatic heterocycles. The number of fused-ring (bicyclic) bond motifs is 1. The number of hydrogen-bond donors (Lipinski definition) is 2. The lowest BCUT2D eigenvalue weighted by molar-refractivity contribution is 0.0941. The highest BCUT2D eigenvalue weighted by atomic mass is 79.9. The summed E-state index contributed by atoms with van der Waals surface area (Å²) in [5.41, 5.74) is 4.13. The molecule has 1 aromatic heterocycles. The molecule has 1 aliphatic carbocycles. The van der Waals surface area contributed by atoms with Gasteiger partial charge in [0.2, 0.25) is 0 Å². The van der Waals surface area contributed by atoms with Crippen molar-refractivity contribution in [3.8, 4) is 5.75 Å². The first kappa shape index (κ1) is 17.0. The van der Waals surface area contributed by atoms with E-state index in [1.165, 1.54) is 24.0 Å². The van der Waals surface area contributed by atoms with Gasteiger partial charge in [0.15, 0.2) is 5.69 Å². The second-order valence-electron chi connectivity index (χ2n) is 6.34. The van der Waals surface area contributed by atoms with Gasteiger partial charge in [-0.2, -0.15) is 5.10 Å². The van der Waals surface area contributed by atoms with Crippen molar-refractivity contribution >= 4 is 21.8 Å². The van der Waals surface area contributed by atoms with E-state index in [2.05, 4.69) is 43.6 Å². The van der Waals surface area contributed by atoms with E-state index in [4.69, 9.17) is 4.74 Å². The van der Waals surface area contributed by atoms with Crippen LogP contribution >= 0.6 is 15.9 Å². The van der Waals surface area contributed by atoms with Crippen molar-refractivity contribution in [1.29, 1.82) is 0 Å². The Labute approximate surface area is 150 Å². The first-order chi connectivity index (χ1) is 11.6. The molecule has 0 unspecified atom stereocenters. The van der Waals surface area contributed by atoms with Gasteiger partial charge in [-0.1, -0.05) is 19.9 Å². The predicted molar refractivity (Wildman–Crippen MR) is 96.7 cm³/mol. The molecule has 6 heteroatoms. The van der Waals surface area contributed by atoms with Crippen molar-refractivity contribution in [2.75, 3.05) is 13.2 Å². The lowest BCUT2D eigenvalue weighted by atomic mass is 10.1. The zero-order chi connectivity index (χ0) is 17.1. The molecule has 2 N–H and O–H groups in total. The number of benzene rings is 1. The number of amides is 1. The molecule has 0 fully saturated rings. The smallest absolute Gasteiger partial charge is 0.273 e. The standard InChI is InChI=1S/C18H22BrN3O2/c1-11(2)16-15(19)17(22-21-16)18(23)20-8-9-24-14-7-6-12-4-3-5-13(12)10-14/h6-7,10-11H,3-5,8-9H2,1-2H3,(H,20,23)(H,21,22). The fraction of sp³-hybridized carbons (Fsp3) is 0.444. The average molecular weight is 392 g/mol. The number of nitrogens with one attached hydrogen (secondary N) is 2. The molecule has 2 aromatic rings. The van der Waals surface area contributed by atoms with Crippen LogP contribution in [-0.4, -0.2) is 29.3 Å². The summed E-state index contributed by atoms with van der Waals surface area (Å²) in [5.74, 6) is 0.937. The molecular weight excluding hydrogens is 370 g/mol. The van der Waals surface area contributed by atoms with Crippen LogP contribution in [0.5, 0.6) is 5.75 Å². The lowest BCUT2D eigenvalue weighted by Crippen LogP contribution is -2.28. The lowest BCUT2D eigenvalue weighted by Gasteiger charge is -2.09. The number of aryl methyl sites for hydroxylation is 2. The number of nitrogens with zero attached hydrogens (tertiary/aromatic N) is 1. The molecular formula is C18H22BrN3O2. The van der Waals surface area contributed by atoms with Gasteiger partial charge in [-0.3, -0.25) is 9.89 Å². The van der Waals surface area contributed by atoms with E-state index >= 15 is 0 Å². The molecule has 5 nitrogen and oxygen atoms in total. The van der Waals surface area contributed by atoms with E-state index < -0.39 is 0 Å². The number of aromatic nitrogens is 2. The number of carbonyl (C=O) groups is 1. The molecule has 0 spiro atoms. The van der Waals surface area contributed by atoms with E-state index in [0.29, 0.717) is 18.8 Å². The Morgan fingerprint density at radius 1 is 1.38 bits per heavy atom. The highest BCUT2D eigenvalue weighted by Crippen LogP contribution is 2.26. The molecule has 1 heterocycles. The van der Waals surface area contributed by atoms with Crippen molar-refractivity contribution in [3.63, 3.8) is 0 Å². The highest BCUT2D eigenvalue weighted by Gasteiger charge is 2.19. The third-order valence-electron chi connectivity index (χ3n) is 4.25. The first-order valence-corrected chi connectivity index (χ1v) is 9.12. The number of rotatable bonds is 6. The largest absolute Gasteiger partial charge is 0.492 e. The van der Waals surface area contributed by atoms with E-state index in [1.807, 2.05) is 19.9 Å². The molecule has 128 valence electrons. The molecule has 0 bridgehead atoms. The average Bonchev–Trinajstić information content (AvgIpc) is 3.17. The summed E-state index contributed by atoms with van der Waals surface area (Å²) >= 11 is 3.44. The molecule has 1 amide bonds. The van der Waals surface area contributed by atoms with E-state index in [-0.39, 0.29) is 11.8 Å². The SMILES string of the molecule is CC(C)c1[nH]nc(C(=O)NCCOc2ccc3c(c2)CCC3)c1Br. The van der Waals surface area contributed by atoms with Crippen LogP contribution in [0, 0.1) is 0 Å². The Morgan fingerprint density at radius 2 is 2.17 bits per heavy atom. The first-order valence-electron chi connectivity index (χ1n) is 8.33. The van der Waals surface area contributed by atoms with E-state index in [0.717, 1.165) is 22.3 Å². The maximum atomic E-state index is 12.2. The minimum atomic E-state index is -0.206. The van der Waals surface area contributed by atoms with Crippen LogP contribution in [0.2, 0.25) is 0 Å². The second-order valence-corrected chi connectivity index (χ2v) is 7.14. The fourth-order valence-corrected chi connectivity index (χ4v) is 3.75. The van der Waals surface area contributed by atoms with Gasteiger partial charge in [-0.25, -0.2) is 0 Å². The summed E-state index contributed by atoms with van der Waals surface area (Å²) in [4.78, 5) is 12.2. The maximum Gasteiger partial charge on any atom is 0.273 e. The minimum absolute atomic E-state index is 0.206. The number of carbonyl (C=O) groups excluding carboxylic acids is 1. The molecule has 1 aromatic carbocycles. The summed E-state index contributed by atoms with van der Waals surface area (Å²) in [6, 6.07) is 6.26. The third kappa shape index (κ3) is 3.64. The summed E-state index contributed by atoms with van der Waals surface area (Å²) in [6.07, 6.45) is 3.53. The third-order valence-corrected chi connectivity index (χ3v) is 5.05. The molecule has 0 saturated carbocycles. The fourth-order valence-electron chi connectivity index (χ4n) is 2.93. The zero-order valence-electron chi connectivity index (χ0n) is 14.0. The quantitative estimate of drug-likeness (QED) is 0.739. The van der Waals surface area contributed by atoms with Gasteiger partial charge in [0.05, 0.1) is 16.7 Å². The highest BCUT2D eigenvalue weighted by molar-refractivity contribution is 9.10. The Morgan fingerprint density at radius 3 is 2.92 bits per heavy atom. The number of H-pyrrole nitrogens is 1. The molecule has 3 rings (SSSR count). The summed E-state index contributed by atoms with van der Waals surface area (Å²) in [5, 5.41) is 9.83. The Bertz CT molecular complexity index is 740. The van der Waals surface area contributed by atoms with Gasteiger partial charge in [0.1, 0.15) is 12.4 Å². The van der Waals surface area contributed by atoms with Crippen LogP contribution in [0.25, 0.3) is 0 Å². The summed E-state index contributed by atoms with van der Waals surface area (Å²) in [6.45, 7) is 4.96. The van der Waals surface area contributed by atoms with Crippen LogP contribution in [-0.2, 0) is 12.8 Å². The number of aromatic amines is 1. The van der Waals surface area contributed by atoms with Crippen molar-refractivity contribution in [2.45, 2.75) is 39.0 Å². The number of hydrogen-bond acceptors (Lipinski definition) is 3. The van der Waals surface area contributed by atoms with Crippen molar-refractivity contribution in [2.24, 2.45) is 0 Å². The van der Waals surface area contributed by atoms with Gasteiger partial charge in [0, 0.05) is 0 Å². The molecule has 24 heavy (non-hydrogen) atoms. The Balaban J connectivity index is 1.49. The summed E-state index contributed by atoms with van der Waals surface area (Å²) < 4.78 is 6.47. The van der Waals surface area contributed by atoms with Crippen molar-refractivity contribution in [1.82, 2.24) is 15.5 Å². The van der Waals surface area contributed by atoms with Gasteiger partial charge < -0.3 is 10.1 Å². The molecule has 0 saturated heterocycles. The topological polar surface area (TPSA) is 67.0 Å². The Kier molecular flexibility index (Phi) is 5.23. The van der Waals surface area contributed by atoms with Crippen molar-refractivity contribution in [3.05, 3.63) is 45.2 Å². The minimum Gasteiger partial charge on any atom is -0.492 e. The van der Waals surface area contributed by atoms with Gasteiger partial charge >= 0.3 is 0 Å². The van der Waals surface area contributed by atoms with Crippen molar-refractivity contribution < 1.29 is 9.53 Å². The maximum absolute atomic E-state index is 12.2. The predicted octanol–water partition coefficient (Wildman–Crippen LogP) is 3.59. The van der Waals surface area contributed by atoms with E-state index in [9.17, 15) is 4.79 Å². The number of halogens is 1.